The first kappa shape index (κ1) is 14.3. The van der Waals surface area contributed by atoms with Gasteiger partial charge in [-0.15, -0.1) is 0 Å². The summed E-state index contributed by atoms with van der Waals surface area (Å²) in [6.45, 7) is 4.58. The van der Waals surface area contributed by atoms with Gasteiger partial charge in [-0.1, -0.05) is 32.5 Å². The van der Waals surface area contributed by atoms with Gasteiger partial charge in [-0.05, 0) is 42.9 Å². The second-order valence-corrected chi connectivity index (χ2v) is 6.60. The molecule has 0 radical (unpaired) electrons. The van der Waals surface area contributed by atoms with Gasteiger partial charge in [-0.3, -0.25) is 0 Å². The summed E-state index contributed by atoms with van der Waals surface area (Å²) in [5.41, 5.74) is 7.47. The van der Waals surface area contributed by atoms with Gasteiger partial charge in [0.15, 0.2) is 0 Å². The molecule has 2 nitrogen and oxygen atoms in total. The molecule has 1 aliphatic carbocycles. The third kappa shape index (κ3) is 3.66. The van der Waals surface area contributed by atoms with Gasteiger partial charge in [-0.2, -0.15) is 0 Å². The number of benzene rings is 1. The van der Waals surface area contributed by atoms with Crippen molar-refractivity contribution < 1.29 is 4.39 Å². The Morgan fingerprint density at radius 1 is 1.47 bits per heavy atom. The molecule has 1 aromatic rings. The number of nitrogens with two attached hydrogens (primary N) is 1. The highest BCUT2D eigenvalue weighted by Crippen LogP contribution is 2.36. The summed E-state index contributed by atoms with van der Waals surface area (Å²) >= 11 is 4.99. The zero-order valence-corrected chi connectivity index (χ0v) is 12.3. The van der Waals surface area contributed by atoms with E-state index in [4.69, 9.17) is 18.0 Å². The van der Waals surface area contributed by atoms with Crippen LogP contribution in [-0.4, -0.2) is 11.0 Å². The smallest absolute Gasteiger partial charge is 0.124 e. The Hall–Kier alpha value is -1.16. The zero-order chi connectivity index (χ0) is 14.0. The van der Waals surface area contributed by atoms with E-state index in [0.29, 0.717) is 17.0 Å². The van der Waals surface area contributed by atoms with E-state index in [1.807, 2.05) is 0 Å². The number of anilines is 1. The Labute approximate surface area is 119 Å². The summed E-state index contributed by atoms with van der Waals surface area (Å²) in [5.74, 6) is -0.308. The average Bonchev–Trinajstić information content (AvgIpc) is 2.30. The summed E-state index contributed by atoms with van der Waals surface area (Å²) in [7, 11) is 0. The molecule has 3 N–H and O–H groups in total. The standard InChI is InChI=1S/C15H21FN2S/c1-15(2)7-3-4-11(9-15)18-13-6-5-10(16)8-12(13)14(17)19/h5-6,8,11,18H,3-4,7,9H2,1-2H3,(H2,17,19). The maximum Gasteiger partial charge on any atom is 0.124 e. The van der Waals surface area contributed by atoms with E-state index in [1.54, 1.807) is 6.07 Å². The van der Waals surface area contributed by atoms with Crippen LogP contribution in [0.25, 0.3) is 0 Å². The molecule has 1 saturated carbocycles. The van der Waals surface area contributed by atoms with Gasteiger partial charge in [0.25, 0.3) is 0 Å². The van der Waals surface area contributed by atoms with Crippen molar-refractivity contribution in [1.82, 2.24) is 0 Å². The highest BCUT2D eigenvalue weighted by Gasteiger charge is 2.28. The lowest BCUT2D eigenvalue weighted by molar-refractivity contribution is 0.229. The van der Waals surface area contributed by atoms with E-state index >= 15 is 0 Å². The van der Waals surface area contributed by atoms with Crippen molar-refractivity contribution in [2.75, 3.05) is 5.32 Å². The predicted octanol–water partition coefficient (Wildman–Crippen LogP) is 3.84. The maximum atomic E-state index is 13.3. The van der Waals surface area contributed by atoms with Crippen LogP contribution in [0.1, 0.15) is 45.1 Å². The van der Waals surface area contributed by atoms with Gasteiger partial charge >= 0.3 is 0 Å². The lowest BCUT2D eigenvalue weighted by Gasteiger charge is -2.36. The van der Waals surface area contributed by atoms with Crippen molar-refractivity contribution in [2.45, 2.75) is 45.6 Å². The third-order valence-corrected chi connectivity index (χ3v) is 4.03. The van der Waals surface area contributed by atoms with E-state index < -0.39 is 0 Å². The first-order valence-corrected chi connectivity index (χ1v) is 7.14. The van der Waals surface area contributed by atoms with Gasteiger partial charge in [0, 0.05) is 17.3 Å². The Morgan fingerprint density at radius 3 is 2.84 bits per heavy atom. The molecule has 0 aromatic heterocycles. The molecule has 0 amide bonds. The SMILES string of the molecule is CC1(C)CCCC(Nc2ccc(F)cc2C(N)=S)C1. The van der Waals surface area contributed by atoms with E-state index in [0.717, 1.165) is 18.5 Å². The number of nitrogens with one attached hydrogen (secondary N) is 1. The van der Waals surface area contributed by atoms with Crippen LogP contribution in [-0.2, 0) is 0 Å². The van der Waals surface area contributed by atoms with Crippen LogP contribution in [0.2, 0.25) is 0 Å². The molecular formula is C15H21FN2S. The normalized spacial score (nSPS) is 21.9. The highest BCUT2D eigenvalue weighted by atomic mass is 32.1. The van der Waals surface area contributed by atoms with Gasteiger partial charge in [0.2, 0.25) is 0 Å². The summed E-state index contributed by atoms with van der Waals surface area (Å²) in [6, 6.07) is 4.98. The maximum absolute atomic E-state index is 13.3. The molecule has 19 heavy (non-hydrogen) atoms. The Balaban J connectivity index is 2.17. The van der Waals surface area contributed by atoms with Crippen molar-refractivity contribution in [3.8, 4) is 0 Å². The van der Waals surface area contributed by atoms with Crippen molar-refractivity contribution >= 4 is 22.9 Å². The van der Waals surface area contributed by atoms with Crippen molar-refractivity contribution in [3.05, 3.63) is 29.6 Å². The summed E-state index contributed by atoms with van der Waals surface area (Å²) < 4.78 is 13.3. The minimum absolute atomic E-state index is 0.233. The first-order valence-electron chi connectivity index (χ1n) is 6.73. The number of hydrogen-bond acceptors (Lipinski definition) is 2. The Bertz CT molecular complexity index is 485. The van der Waals surface area contributed by atoms with Crippen LogP contribution in [0.3, 0.4) is 0 Å². The Kier molecular flexibility index (Phi) is 4.09. The first-order chi connectivity index (χ1) is 8.87. The van der Waals surface area contributed by atoms with Crippen molar-refractivity contribution in [3.63, 3.8) is 0 Å². The molecule has 4 heteroatoms. The van der Waals surface area contributed by atoms with E-state index in [2.05, 4.69) is 19.2 Å². The molecule has 0 spiro atoms. The Morgan fingerprint density at radius 2 is 2.21 bits per heavy atom. The minimum Gasteiger partial charge on any atom is -0.389 e. The number of rotatable bonds is 3. The molecule has 104 valence electrons. The number of halogens is 1. The molecule has 1 fully saturated rings. The van der Waals surface area contributed by atoms with E-state index in [1.165, 1.54) is 25.0 Å². The highest BCUT2D eigenvalue weighted by molar-refractivity contribution is 7.80. The molecule has 1 atom stereocenters. The second-order valence-electron chi connectivity index (χ2n) is 6.16. The van der Waals surface area contributed by atoms with Crippen LogP contribution >= 0.6 is 12.2 Å². The quantitative estimate of drug-likeness (QED) is 0.826. The molecule has 1 aromatic carbocycles. The number of thiocarbonyl (C=S) groups is 1. The van der Waals surface area contributed by atoms with E-state index in [9.17, 15) is 4.39 Å². The molecule has 0 bridgehead atoms. The van der Waals surface area contributed by atoms with E-state index in [-0.39, 0.29) is 10.8 Å². The van der Waals surface area contributed by atoms with Crippen molar-refractivity contribution in [1.29, 1.82) is 0 Å². The zero-order valence-electron chi connectivity index (χ0n) is 11.5. The molecule has 0 saturated heterocycles. The van der Waals surface area contributed by atoms with Gasteiger partial charge in [0.1, 0.15) is 10.8 Å². The summed E-state index contributed by atoms with van der Waals surface area (Å²) in [5, 5.41) is 3.48. The van der Waals surface area contributed by atoms with Crippen LogP contribution in [0.4, 0.5) is 10.1 Å². The monoisotopic (exact) mass is 280 g/mol. The van der Waals surface area contributed by atoms with Gasteiger partial charge in [0.05, 0.1) is 0 Å². The second kappa shape index (κ2) is 5.45. The third-order valence-electron chi connectivity index (χ3n) is 3.81. The van der Waals surface area contributed by atoms with Gasteiger partial charge < -0.3 is 11.1 Å². The average molecular weight is 280 g/mol. The molecule has 1 aliphatic rings. The molecular weight excluding hydrogens is 259 g/mol. The van der Waals surface area contributed by atoms with Crippen LogP contribution < -0.4 is 11.1 Å². The molecule has 2 rings (SSSR count). The predicted molar refractivity (Wildman–Crippen MR) is 81.9 cm³/mol. The molecule has 1 unspecified atom stereocenters. The van der Waals surface area contributed by atoms with Crippen LogP contribution in [0, 0.1) is 11.2 Å². The topological polar surface area (TPSA) is 38.0 Å². The fourth-order valence-corrected chi connectivity index (χ4v) is 3.06. The van der Waals surface area contributed by atoms with Crippen LogP contribution in [0.15, 0.2) is 18.2 Å². The fourth-order valence-electron chi connectivity index (χ4n) is 2.89. The number of hydrogen-bond donors (Lipinski definition) is 2. The molecule has 0 heterocycles. The van der Waals surface area contributed by atoms with Crippen LogP contribution in [0.5, 0.6) is 0 Å². The summed E-state index contributed by atoms with van der Waals surface area (Å²) in [4.78, 5) is 0.233. The summed E-state index contributed by atoms with van der Waals surface area (Å²) in [6.07, 6.45) is 4.73. The van der Waals surface area contributed by atoms with Crippen molar-refractivity contribution in [2.24, 2.45) is 11.1 Å². The fraction of sp³-hybridized carbons (Fsp3) is 0.533. The van der Waals surface area contributed by atoms with Gasteiger partial charge in [-0.25, -0.2) is 4.39 Å². The largest absolute Gasteiger partial charge is 0.389 e. The lowest BCUT2D eigenvalue weighted by atomic mass is 9.75. The molecule has 0 aliphatic heterocycles. The lowest BCUT2D eigenvalue weighted by Crippen LogP contribution is -2.32. The minimum atomic E-state index is -0.308.